The zero-order valence-corrected chi connectivity index (χ0v) is 15.9. The molecule has 0 saturated carbocycles. The van der Waals surface area contributed by atoms with Crippen LogP contribution in [-0.2, 0) is 11.3 Å². The first-order valence-electron chi connectivity index (χ1n) is 9.92. The van der Waals surface area contributed by atoms with Gasteiger partial charge in [-0.3, -0.25) is 14.6 Å². The second kappa shape index (κ2) is 8.14. The summed E-state index contributed by atoms with van der Waals surface area (Å²) in [5.74, 6) is 0.683. The number of aromatic nitrogens is 1. The number of hydrogen-bond acceptors (Lipinski definition) is 5. The molecule has 0 aromatic carbocycles. The molecule has 4 rings (SSSR count). The van der Waals surface area contributed by atoms with Crippen molar-refractivity contribution < 1.29 is 4.79 Å². The highest BCUT2D eigenvalue weighted by atomic mass is 32.1. The molecule has 0 N–H and O–H groups in total. The van der Waals surface area contributed by atoms with Gasteiger partial charge < -0.3 is 4.90 Å². The largest absolute Gasteiger partial charge is 0.342 e. The molecule has 1 amide bonds. The van der Waals surface area contributed by atoms with Crippen molar-refractivity contribution in [2.75, 3.05) is 39.3 Å². The molecule has 0 spiro atoms. The predicted octanol–water partition coefficient (Wildman–Crippen LogP) is 2.44. The number of hydrogen-bond donors (Lipinski definition) is 0. The molecule has 4 heterocycles. The average molecular weight is 363 g/mol. The second-order valence-electron chi connectivity index (χ2n) is 7.85. The quantitative estimate of drug-likeness (QED) is 0.825. The topological polar surface area (TPSA) is 39.7 Å². The standard InChI is InChI=1S/C19H30N4OS/c24-19(22-7-1-2-8-22)16-4-3-9-23(12-16)18-5-10-21(11-6-18)13-17-14-25-15-20-17/h14-16,18H,1-13H2. The van der Waals surface area contributed by atoms with Crippen molar-refractivity contribution in [2.24, 2.45) is 5.92 Å². The normalized spacial score (nSPS) is 27.0. The maximum atomic E-state index is 12.7. The molecule has 3 aliphatic heterocycles. The minimum atomic E-state index is 0.250. The summed E-state index contributed by atoms with van der Waals surface area (Å²) < 4.78 is 0. The fourth-order valence-corrected chi connectivity index (χ4v) is 5.27. The zero-order chi connectivity index (χ0) is 17.1. The Hall–Kier alpha value is -0.980. The zero-order valence-electron chi connectivity index (χ0n) is 15.1. The highest BCUT2D eigenvalue weighted by Gasteiger charge is 2.34. The summed E-state index contributed by atoms with van der Waals surface area (Å²) in [5, 5.41) is 2.16. The van der Waals surface area contributed by atoms with Crippen LogP contribution in [0.1, 0.15) is 44.2 Å². The third-order valence-corrected chi connectivity index (χ3v) is 6.80. The van der Waals surface area contributed by atoms with Gasteiger partial charge in [-0.15, -0.1) is 11.3 Å². The molecule has 0 radical (unpaired) electrons. The average Bonchev–Trinajstić information content (AvgIpc) is 3.36. The summed E-state index contributed by atoms with van der Waals surface area (Å²) in [5.41, 5.74) is 3.13. The van der Waals surface area contributed by atoms with Crippen LogP contribution in [0.25, 0.3) is 0 Å². The number of carbonyl (C=O) groups excluding carboxylic acids is 1. The molecule has 0 aliphatic carbocycles. The van der Waals surface area contributed by atoms with E-state index in [4.69, 9.17) is 0 Å². The number of amides is 1. The highest BCUT2D eigenvalue weighted by molar-refractivity contribution is 7.07. The van der Waals surface area contributed by atoms with Crippen molar-refractivity contribution in [3.8, 4) is 0 Å². The number of likely N-dealkylation sites (tertiary alicyclic amines) is 3. The van der Waals surface area contributed by atoms with Gasteiger partial charge in [0.25, 0.3) is 0 Å². The summed E-state index contributed by atoms with van der Waals surface area (Å²) in [6.07, 6.45) is 7.13. The van der Waals surface area contributed by atoms with E-state index in [1.165, 1.54) is 44.3 Å². The van der Waals surface area contributed by atoms with E-state index in [1.54, 1.807) is 11.3 Å². The van der Waals surface area contributed by atoms with Gasteiger partial charge in [0.15, 0.2) is 0 Å². The maximum absolute atomic E-state index is 12.7. The Balaban J connectivity index is 1.26. The van der Waals surface area contributed by atoms with Crippen LogP contribution in [0.15, 0.2) is 10.9 Å². The fourth-order valence-electron chi connectivity index (χ4n) is 4.72. The third kappa shape index (κ3) is 4.23. The van der Waals surface area contributed by atoms with Crippen LogP contribution in [-0.4, -0.2) is 70.9 Å². The number of carbonyl (C=O) groups is 1. The van der Waals surface area contributed by atoms with Gasteiger partial charge in [0.05, 0.1) is 17.1 Å². The molecule has 1 aromatic rings. The summed E-state index contributed by atoms with van der Waals surface area (Å²) in [6.45, 7) is 7.46. The van der Waals surface area contributed by atoms with Crippen LogP contribution in [0, 0.1) is 5.92 Å². The monoisotopic (exact) mass is 362 g/mol. The van der Waals surface area contributed by atoms with E-state index in [2.05, 4.69) is 25.1 Å². The number of piperidine rings is 2. The molecular formula is C19H30N4OS. The van der Waals surface area contributed by atoms with Crippen molar-refractivity contribution in [2.45, 2.75) is 51.1 Å². The minimum Gasteiger partial charge on any atom is -0.342 e. The van der Waals surface area contributed by atoms with Gasteiger partial charge in [0, 0.05) is 50.7 Å². The first-order chi connectivity index (χ1) is 12.3. The van der Waals surface area contributed by atoms with Crippen LogP contribution in [0.2, 0.25) is 0 Å². The summed E-state index contributed by atoms with van der Waals surface area (Å²) in [7, 11) is 0. The number of nitrogens with zero attached hydrogens (tertiary/aromatic N) is 4. The SMILES string of the molecule is O=C(C1CCCN(C2CCN(Cc3cscn3)CC2)C1)N1CCCC1. The van der Waals surface area contributed by atoms with Crippen molar-refractivity contribution >= 4 is 17.2 Å². The molecule has 138 valence electrons. The van der Waals surface area contributed by atoms with Gasteiger partial charge >= 0.3 is 0 Å². The lowest BCUT2D eigenvalue weighted by atomic mass is 9.93. The molecule has 25 heavy (non-hydrogen) atoms. The van der Waals surface area contributed by atoms with E-state index >= 15 is 0 Å². The molecule has 3 saturated heterocycles. The predicted molar refractivity (Wildman–Crippen MR) is 101 cm³/mol. The fraction of sp³-hybridized carbons (Fsp3) is 0.789. The Morgan fingerprint density at radius 2 is 1.88 bits per heavy atom. The first kappa shape index (κ1) is 17.4. The molecule has 5 nitrogen and oxygen atoms in total. The molecule has 3 fully saturated rings. The van der Waals surface area contributed by atoms with Crippen LogP contribution in [0.4, 0.5) is 0 Å². The van der Waals surface area contributed by atoms with Gasteiger partial charge in [-0.05, 0) is 45.1 Å². The first-order valence-corrected chi connectivity index (χ1v) is 10.9. The summed E-state index contributed by atoms with van der Waals surface area (Å²) in [4.78, 5) is 24.4. The van der Waals surface area contributed by atoms with Gasteiger partial charge in [-0.1, -0.05) is 0 Å². The lowest BCUT2D eigenvalue weighted by molar-refractivity contribution is -0.136. The van der Waals surface area contributed by atoms with Crippen molar-refractivity contribution in [1.82, 2.24) is 19.7 Å². The number of thiazole rings is 1. The Labute approximate surface area is 155 Å². The van der Waals surface area contributed by atoms with E-state index in [9.17, 15) is 4.79 Å². The van der Waals surface area contributed by atoms with Crippen LogP contribution < -0.4 is 0 Å². The molecule has 1 atom stereocenters. The molecule has 1 aromatic heterocycles. The Kier molecular flexibility index (Phi) is 5.68. The van der Waals surface area contributed by atoms with Gasteiger partial charge in [0.1, 0.15) is 0 Å². The molecule has 0 bridgehead atoms. The highest BCUT2D eigenvalue weighted by Crippen LogP contribution is 2.26. The smallest absolute Gasteiger partial charge is 0.226 e. The van der Waals surface area contributed by atoms with E-state index in [1.807, 2.05) is 5.51 Å². The Morgan fingerprint density at radius 3 is 2.60 bits per heavy atom. The maximum Gasteiger partial charge on any atom is 0.226 e. The van der Waals surface area contributed by atoms with Crippen molar-refractivity contribution in [1.29, 1.82) is 0 Å². The summed E-state index contributed by atoms with van der Waals surface area (Å²) >= 11 is 1.68. The molecular weight excluding hydrogens is 332 g/mol. The van der Waals surface area contributed by atoms with Gasteiger partial charge in [-0.2, -0.15) is 0 Å². The van der Waals surface area contributed by atoms with Gasteiger partial charge in [0.2, 0.25) is 5.91 Å². The van der Waals surface area contributed by atoms with E-state index < -0.39 is 0 Å². The number of rotatable bonds is 4. The molecule has 3 aliphatic rings. The summed E-state index contributed by atoms with van der Waals surface area (Å²) in [6, 6.07) is 0.667. The Bertz CT molecular complexity index is 550. The molecule has 6 heteroatoms. The van der Waals surface area contributed by atoms with Crippen LogP contribution in [0.3, 0.4) is 0 Å². The third-order valence-electron chi connectivity index (χ3n) is 6.16. The lowest BCUT2D eigenvalue weighted by Gasteiger charge is -2.42. The molecule has 1 unspecified atom stereocenters. The van der Waals surface area contributed by atoms with E-state index in [-0.39, 0.29) is 5.92 Å². The van der Waals surface area contributed by atoms with E-state index in [0.717, 1.165) is 45.7 Å². The lowest BCUT2D eigenvalue weighted by Crippen LogP contribution is -2.51. The van der Waals surface area contributed by atoms with Crippen molar-refractivity contribution in [3.05, 3.63) is 16.6 Å². The second-order valence-corrected chi connectivity index (χ2v) is 8.57. The van der Waals surface area contributed by atoms with Crippen molar-refractivity contribution in [3.63, 3.8) is 0 Å². The van der Waals surface area contributed by atoms with Crippen LogP contribution in [0.5, 0.6) is 0 Å². The van der Waals surface area contributed by atoms with Crippen LogP contribution >= 0.6 is 11.3 Å². The Morgan fingerprint density at radius 1 is 1.08 bits per heavy atom. The van der Waals surface area contributed by atoms with E-state index in [0.29, 0.717) is 11.9 Å². The minimum absolute atomic E-state index is 0.250. The van der Waals surface area contributed by atoms with Gasteiger partial charge in [-0.25, -0.2) is 4.98 Å².